The number of aromatic nitrogens is 1. The normalized spacial score (nSPS) is 12.4. The van der Waals surface area contributed by atoms with Crippen LogP contribution in [0.2, 0.25) is 0 Å². The van der Waals surface area contributed by atoms with E-state index in [1.54, 1.807) is 12.5 Å². The highest BCUT2D eigenvalue weighted by atomic mass is 16.3. The van der Waals surface area contributed by atoms with Gasteiger partial charge in [-0.2, -0.15) is 0 Å². The quantitative estimate of drug-likeness (QED) is 0.880. The summed E-state index contributed by atoms with van der Waals surface area (Å²) in [5, 5.41) is 0. The highest BCUT2D eigenvalue weighted by Gasteiger charge is 2.14. The number of nitrogens with zero attached hydrogens (tertiary/aromatic N) is 2. The first kappa shape index (κ1) is 12.6. The average Bonchev–Trinajstić information content (AvgIpc) is 2.88. The number of pyridine rings is 1. The van der Waals surface area contributed by atoms with Gasteiger partial charge in [-0.05, 0) is 32.0 Å². The van der Waals surface area contributed by atoms with Crippen LogP contribution in [-0.4, -0.2) is 11.5 Å². The Kier molecular flexibility index (Phi) is 3.99. The predicted molar refractivity (Wildman–Crippen MR) is 72.3 cm³/mol. The Balaban J connectivity index is 2.27. The second-order valence-electron chi connectivity index (χ2n) is 4.30. The molecule has 0 radical (unpaired) electrons. The second kappa shape index (κ2) is 5.69. The van der Waals surface area contributed by atoms with E-state index in [-0.39, 0.29) is 6.04 Å². The minimum absolute atomic E-state index is 0.0284. The molecule has 0 aliphatic heterocycles. The summed E-state index contributed by atoms with van der Waals surface area (Å²) in [5.74, 6) is 1.87. The minimum Gasteiger partial charge on any atom is -0.467 e. The molecule has 2 rings (SSSR count). The van der Waals surface area contributed by atoms with Crippen molar-refractivity contribution < 1.29 is 4.42 Å². The molecule has 2 N–H and O–H groups in total. The van der Waals surface area contributed by atoms with Gasteiger partial charge in [0.2, 0.25) is 0 Å². The van der Waals surface area contributed by atoms with E-state index in [1.807, 2.05) is 31.2 Å². The van der Waals surface area contributed by atoms with Crippen molar-refractivity contribution in [3.8, 4) is 0 Å². The van der Waals surface area contributed by atoms with Gasteiger partial charge < -0.3 is 15.1 Å². The molecular weight excluding hydrogens is 226 g/mol. The molecule has 4 heteroatoms. The number of nitrogens with two attached hydrogens (primary N) is 1. The zero-order valence-corrected chi connectivity index (χ0v) is 10.8. The molecule has 0 spiro atoms. The SMILES string of the molecule is CCN(Cc1ccco1)c1ncccc1[C@H](C)N. The van der Waals surface area contributed by atoms with Crippen LogP contribution in [0.5, 0.6) is 0 Å². The molecule has 0 saturated heterocycles. The molecule has 0 aromatic carbocycles. The lowest BCUT2D eigenvalue weighted by Gasteiger charge is -2.24. The predicted octanol–water partition coefficient (Wildman–Crippen LogP) is 2.72. The van der Waals surface area contributed by atoms with Crippen molar-refractivity contribution in [1.82, 2.24) is 4.98 Å². The Morgan fingerprint density at radius 3 is 2.83 bits per heavy atom. The van der Waals surface area contributed by atoms with Gasteiger partial charge in [-0.25, -0.2) is 4.98 Å². The number of hydrogen-bond donors (Lipinski definition) is 1. The van der Waals surface area contributed by atoms with Gasteiger partial charge in [0.1, 0.15) is 11.6 Å². The fourth-order valence-electron chi connectivity index (χ4n) is 1.96. The van der Waals surface area contributed by atoms with Crippen LogP contribution in [0.15, 0.2) is 41.1 Å². The van der Waals surface area contributed by atoms with Gasteiger partial charge in [0, 0.05) is 24.3 Å². The summed E-state index contributed by atoms with van der Waals surface area (Å²) < 4.78 is 5.39. The van der Waals surface area contributed by atoms with Crippen LogP contribution in [-0.2, 0) is 6.54 Å². The number of furan rings is 1. The van der Waals surface area contributed by atoms with Crippen molar-refractivity contribution in [2.24, 2.45) is 5.73 Å². The number of hydrogen-bond acceptors (Lipinski definition) is 4. The summed E-state index contributed by atoms with van der Waals surface area (Å²) in [6.45, 7) is 5.64. The molecule has 0 saturated carbocycles. The van der Waals surface area contributed by atoms with Crippen molar-refractivity contribution >= 4 is 5.82 Å². The van der Waals surface area contributed by atoms with E-state index in [0.29, 0.717) is 6.54 Å². The van der Waals surface area contributed by atoms with Crippen LogP contribution in [0.25, 0.3) is 0 Å². The van der Waals surface area contributed by atoms with Crippen LogP contribution < -0.4 is 10.6 Å². The summed E-state index contributed by atoms with van der Waals surface area (Å²) in [4.78, 5) is 6.62. The smallest absolute Gasteiger partial charge is 0.133 e. The molecule has 0 fully saturated rings. The third-order valence-electron chi connectivity index (χ3n) is 2.92. The van der Waals surface area contributed by atoms with E-state index >= 15 is 0 Å². The summed E-state index contributed by atoms with van der Waals surface area (Å²) in [5.41, 5.74) is 7.05. The standard InChI is InChI=1S/C14H19N3O/c1-3-17(10-12-6-5-9-18-12)14-13(11(2)15)7-4-8-16-14/h4-9,11H,3,10,15H2,1-2H3/t11-/m0/s1. The maximum Gasteiger partial charge on any atom is 0.133 e. The Bertz CT molecular complexity index is 480. The van der Waals surface area contributed by atoms with Gasteiger partial charge in [0.25, 0.3) is 0 Å². The van der Waals surface area contributed by atoms with Crippen molar-refractivity contribution in [3.63, 3.8) is 0 Å². The fraction of sp³-hybridized carbons (Fsp3) is 0.357. The zero-order chi connectivity index (χ0) is 13.0. The lowest BCUT2D eigenvalue weighted by Crippen LogP contribution is -2.25. The van der Waals surface area contributed by atoms with Crippen LogP contribution in [0.1, 0.15) is 31.2 Å². The Morgan fingerprint density at radius 1 is 1.39 bits per heavy atom. The Morgan fingerprint density at radius 2 is 2.22 bits per heavy atom. The molecule has 1 atom stereocenters. The van der Waals surface area contributed by atoms with E-state index in [4.69, 9.17) is 10.2 Å². The Hall–Kier alpha value is -1.81. The van der Waals surface area contributed by atoms with Gasteiger partial charge in [-0.1, -0.05) is 6.07 Å². The van der Waals surface area contributed by atoms with E-state index < -0.39 is 0 Å². The van der Waals surface area contributed by atoms with E-state index in [1.165, 1.54) is 0 Å². The molecule has 2 aromatic heterocycles. The third-order valence-corrected chi connectivity index (χ3v) is 2.92. The molecule has 0 bridgehead atoms. The number of anilines is 1. The van der Waals surface area contributed by atoms with Gasteiger partial charge >= 0.3 is 0 Å². The maximum atomic E-state index is 5.99. The monoisotopic (exact) mass is 245 g/mol. The molecule has 0 unspecified atom stereocenters. The molecule has 0 aliphatic carbocycles. The molecule has 0 aliphatic rings. The molecule has 18 heavy (non-hydrogen) atoms. The van der Waals surface area contributed by atoms with E-state index in [9.17, 15) is 0 Å². The van der Waals surface area contributed by atoms with Crippen molar-refractivity contribution in [2.75, 3.05) is 11.4 Å². The van der Waals surface area contributed by atoms with Crippen molar-refractivity contribution in [1.29, 1.82) is 0 Å². The molecule has 0 amide bonds. The van der Waals surface area contributed by atoms with Crippen LogP contribution in [0.3, 0.4) is 0 Å². The first-order valence-electron chi connectivity index (χ1n) is 6.20. The average molecular weight is 245 g/mol. The first-order valence-corrected chi connectivity index (χ1v) is 6.20. The molecule has 96 valence electrons. The first-order chi connectivity index (χ1) is 8.72. The Labute approximate surface area is 107 Å². The van der Waals surface area contributed by atoms with Crippen molar-refractivity contribution in [2.45, 2.75) is 26.4 Å². The van der Waals surface area contributed by atoms with Crippen LogP contribution in [0.4, 0.5) is 5.82 Å². The molecule has 4 nitrogen and oxygen atoms in total. The summed E-state index contributed by atoms with van der Waals surface area (Å²) in [6, 6.07) is 7.78. The van der Waals surface area contributed by atoms with E-state index in [0.717, 1.165) is 23.7 Å². The summed E-state index contributed by atoms with van der Waals surface area (Å²) >= 11 is 0. The largest absolute Gasteiger partial charge is 0.467 e. The second-order valence-corrected chi connectivity index (χ2v) is 4.30. The lowest BCUT2D eigenvalue weighted by molar-refractivity contribution is 0.502. The zero-order valence-electron chi connectivity index (χ0n) is 10.8. The summed E-state index contributed by atoms with van der Waals surface area (Å²) in [6.07, 6.45) is 3.49. The topological polar surface area (TPSA) is 55.3 Å². The van der Waals surface area contributed by atoms with Gasteiger partial charge in [0.15, 0.2) is 0 Å². The van der Waals surface area contributed by atoms with Gasteiger partial charge in [-0.15, -0.1) is 0 Å². The van der Waals surface area contributed by atoms with Crippen LogP contribution in [0, 0.1) is 0 Å². The molecular formula is C14H19N3O. The lowest BCUT2D eigenvalue weighted by atomic mass is 10.1. The highest BCUT2D eigenvalue weighted by Crippen LogP contribution is 2.23. The minimum atomic E-state index is -0.0284. The summed E-state index contributed by atoms with van der Waals surface area (Å²) in [7, 11) is 0. The number of rotatable bonds is 5. The van der Waals surface area contributed by atoms with Gasteiger partial charge in [-0.3, -0.25) is 0 Å². The maximum absolute atomic E-state index is 5.99. The van der Waals surface area contributed by atoms with Crippen molar-refractivity contribution in [3.05, 3.63) is 48.0 Å². The fourth-order valence-corrected chi connectivity index (χ4v) is 1.96. The molecule has 2 heterocycles. The van der Waals surface area contributed by atoms with Gasteiger partial charge in [0.05, 0.1) is 12.8 Å². The third kappa shape index (κ3) is 2.71. The molecule has 2 aromatic rings. The van der Waals surface area contributed by atoms with Crippen LogP contribution >= 0.6 is 0 Å². The van der Waals surface area contributed by atoms with E-state index in [2.05, 4.69) is 16.8 Å². The highest BCUT2D eigenvalue weighted by molar-refractivity contribution is 5.48.